The van der Waals surface area contributed by atoms with Crippen LogP contribution in [-0.2, 0) is 11.2 Å². The standard InChI is InChI=1S/C15H22O3/c1-3-11(2)14(16)13(15(17)18)10-9-12-7-5-4-6-8-12/h4-8,11,13-14,16H,3,9-10H2,1-2H3,(H,17,18). The zero-order valence-electron chi connectivity index (χ0n) is 11.0. The van der Waals surface area contributed by atoms with Gasteiger partial charge in [-0.3, -0.25) is 4.79 Å². The van der Waals surface area contributed by atoms with E-state index in [0.29, 0.717) is 12.8 Å². The number of aryl methyl sites for hydroxylation is 1. The van der Waals surface area contributed by atoms with Gasteiger partial charge < -0.3 is 10.2 Å². The van der Waals surface area contributed by atoms with Crippen molar-refractivity contribution in [2.75, 3.05) is 0 Å². The zero-order chi connectivity index (χ0) is 13.5. The molecule has 0 fully saturated rings. The van der Waals surface area contributed by atoms with Crippen molar-refractivity contribution in [1.29, 1.82) is 0 Å². The van der Waals surface area contributed by atoms with Crippen LogP contribution in [0.4, 0.5) is 0 Å². The molecule has 2 N–H and O–H groups in total. The van der Waals surface area contributed by atoms with Crippen LogP contribution in [0, 0.1) is 11.8 Å². The number of carboxylic acid groups (broad SMARTS) is 1. The molecule has 0 amide bonds. The van der Waals surface area contributed by atoms with Crippen molar-refractivity contribution >= 4 is 5.97 Å². The minimum absolute atomic E-state index is 0.0156. The second-order valence-electron chi connectivity index (χ2n) is 4.85. The summed E-state index contributed by atoms with van der Waals surface area (Å²) < 4.78 is 0. The van der Waals surface area contributed by atoms with E-state index in [1.165, 1.54) is 0 Å². The summed E-state index contributed by atoms with van der Waals surface area (Å²) in [5.41, 5.74) is 1.11. The van der Waals surface area contributed by atoms with E-state index in [2.05, 4.69) is 0 Å². The van der Waals surface area contributed by atoms with Gasteiger partial charge in [-0.05, 0) is 24.3 Å². The zero-order valence-corrected chi connectivity index (χ0v) is 11.0. The third kappa shape index (κ3) is 4.15. The Hall–Kier alpha value is -1.35. The summed E-state index contributed by atoms with van der Waals surface area (Å²) in [5, 5.41) is 19.3. The first kappa shape index (κ1) is 14.7. The first-order chi connectivity index (χ1) is 8.56. The smallest absolute Gasteiger partial charge is 0.309 e. The molecule has 0 heterocycles. The van der Waals surface area contributed by atoms with Crippen molar-refractivity contribution in [2.24, 2.45) is 11.8 Å². The van der Waals surface area contributed by atoms with Crippen molar-refractivity contribution < 1.29 is 15.0 Å². The van der Waals surface area contributed by atoms with Gasteiger partial charge in [-0.25, -0.2) is 0 Å². The molecule has 3 atom stereocenters. The van der Waals surface area contributed by atoms with Gasteiger partial charge in [0.05, 0.1) is 12.0 Å². The molecule has 0 bridgehead atoms. The van der Waals surface area contributed by atoms with Crippen molar-refractivity contribution in [3.63, 3.8) is 0 Å². The van der Waals surface area contributed by atoms with Crippen LogP contribution in [0.5, 0.6) is 0 Å². The lowest BCUT2D eigenvalue weighted by Gasteiger charge is -2.24. The molecular formula is C15H22O3. The van der Waals surface area contributed by atoms with Crippen LogP contribution >= 0.6 is 0 Å². The van der Waals surface area contributed by atoms with Crippen molar-refractivity contribution in [3.8, 4) is 0 Å². The van der Waals surface area contributed by atoms with E-state index in [0.717, 1.165) is 12.0 Å². The number of rotatable bonds is 7. The number of benzene rings is 1. The van der Waals surface area contributed by atoms with Gasteiger partial charge in [-0.1, -0.05) is 50.6 Å². The maximum Gasteiger partial charge on any atom is 0.309 e. The minimum atomic E-state index is -0.904. The second kappa shape index (κ2) is 7.17. The molecule has 100 valence electrons. The number of carboxylic acids is 1. The first-order valence-corrected chi connectivity index (χ1v) is 6.51. The number of aliphatic hydroxyl groups is 1. The van der Waals surface area contributed by atoms with Crippen molar-refractivity contribution in [1.82, 2.24) is 0 Å². The van der Waals surface area contributed by atoms with Gasteiger partial charge in [-0.15, -0.1) is 0 Å². The largest absolute Gasteiger partial charge is 0.481 e. The molecule has 0 aliphatic carbocycles. The highest BCUT2D eigenvalue weighted by molar-refractivity contribution is 5.70. The number of hydrogen-bond acceptors (Lipinski definition) is 2. The molecule has 3 unspecified atom stereocenters. The van der Waals surface area contributed by atoms with Crippen molar-refractivity contribution in [2.45, 2.75) is 39.2 Å². The molecular weight excluding hydrogens is 228 g/mol. The molecule has 0 radical (unpaired) electrons. The SMILES string of the molecule is CCC(C)C(O)C(CCc1ccccc1)C(=O)O. The Morgan fingerprint density at radius 1 is 1.28 bits per heavy atom. The summed E-state index contributed by atoms with van der Waals surface area (Å²) in [4.78, 5) is 11.2. The normalized spacial score (nSPS) is 15.9. The summed E-state index contributed by atoms with van der Waals surface area (Å²) in [6.45, 7) is 3.85. The highest BCUT2D eigenvalue weighted by atomic mass is 16.4. The van der Waals surface area contributed by atoms with Crippen LogP contribution in [-0.4, -0.2) is 22.3 Å². The number of aliphatic carboxylic acids is 1. The highest BCUT2D eigenvalue weighted by Gasteiger charge is 2.29. The van der Waals surface area contributed by atoms with Gasteiger partial charge in [0.25, 0.3) is 0 Å². The quantitative estimate of drug-likeness (QED) is 0.782. The summed E-state index contributed by atoms with van der Waals surface area (Å²) in [6.07, 6.45) is 1.18. The molecule has 0 aliphatic rings. The number of hydrogen-bond donors (Lipinski definition) is 2. The second-order valence-corrected chi connectivity index (χ2v) is 4.85. The molecule has 1 rings (SSSR count). The average Bonchev–Trinajstić information content (AvgIpc) is 2.38. The molecule has 1 aromatic carbocycles. The van der Waals surface area contributed by atoms with Gasteiger partial charge in [0.15, 0.2) is 0 Å². The van der Waals surface area contributed by atoms with Crippen LogP contribution in [0.1, 0.15) is 32.3 Å². The van der Waals surface area contributed by atoms with Gasteiger partial charge in [-0.2, -0.15) is 0 Å². The lowest BCUT2D eigenvalue weighted by molar-refractivity contribution is -0.147. The molecule has 18 heavy (non-hydrogen) atoms. The van der Waals surface area contributed by atoms with E-state index in [-0.39, 0.29) is 5.92 Å². The van der Waals surface area contributed by atoms with E-state index >= 15 is 0 Å². The fraction of sp³-hybridized carbons (Fsp3) is 0.533. The monoisotopic (exact) mass is 250 g/mol. The summed E-state index contributed by atoms with van der Waals surface area (Å²) in [5.74, 6) is -1.57. The predicted octanol–water partition coefficient (Wildman–Crippen LogP) is 2.73. The van der Waals surface area contributed by atoms with E-state index in [9.17, 15) is 15.0 Å². The summed E-state index contributed by atoms with van der Waals surface area (Å²) in [6, 6.07) is 9.78. The Morgan fingerprint density at radius 2 is 1.89 bits per heavy atom. The maximum absolute atomic E-state index is 11.2. The molecule has 0 aliphatic heterocycles. The predicted molar refractivity (Wildman–Crippen MR) is 71.4 cm³/mol. The maximum atomic E-state index is 11.2. The first-order valence-electron chi connectivity index (χ1n) is 6.51. The molecule has 0 saturated heterocycles. The Morgan fingerprint density at radius 3 is 2.39 bits per heavy atom. The van der Waals surface area contributed by atoms with E-state index in [4.69, 9.17) is 0 Å². The molecule has 3 nitrogen and oxygen atoms in total. The number of aliphatic hydroxyl groups excluding tert-OH is 1. The summed E-state index contributed by atoms with van der Waals surface area (Å²) in [7, 11) is 0. The Balaban J connectivity index is 2.61. The van der Waals surface area contributed by atoms with Crippen LogP contribution in [0.25, 0.3) is 0 Å². The lowest BCUT2D eigenvalue weighted by atomic mass is 9.86. The Bertz CT molecular complexity index is 361. The van der Waals surface area contributed by atoms with Crippen molar-refractivity contribution in [3.05, 3.63) is 35.9 Å². The molecule has 0 aromatic heterocycles. The van der Waals surface area contributed by atoms with Gasteiger partial charge in [0, 0.05) is 0 Å². The topological polar surface area (TPSA) is 57.5 Å². The fourth-order valence-corrected chi connectivity index (χ4v) is 2.05. The average molecular weight is 250 g/mol. The van der Waals surface area contributed by atoms with E-state index < -0.39 is 18.0 Å². The van der Waals surface area contributed by atoms with Crippen LogP contribution in [0.3, 0.4) is 0 Å². The molecule has 0 saturated carbocycles. The van der Waals surface area contributed by atoms with Gasteiger partial charge >= 0.3 is 5.97 Å². The van der Waals surface area contributed by atoms with Gasteiger partial charge in [0.1, 0.15) is 0 Å². The fourth-order valence-electron chi connectivity index (χ4n) is 2.05. The van der Waals surface area contributed by atoms with E-state index in [1.54, 1.807) is 0 Å². The molecule has 0 spiro atoms. The third-order valence-electron chi connectivity index (χ3n) is 3.54. The Labute approximate surface area is 108 Å². The van der Waals surface area contributed by atoms with Crippen LogP contribution in [0.15, 0.2) is 30.3 Å². The highest BCUT2D eigenvalue weighted by Crippen LogP contribution is 2.21. The molecule has 1 aromatic rings. The number of carbonyl (C=O) groups is 1. The lowest BCUT2D eigenvalue weighted by Crippen LogP contribution is -2.33. The minimum Gasteiger partial charge on any atom is -0.481 e. The third-order valence-corrected chi connectivity index (χ3v) is 3.54. The molecule has 3 heteroatoms. The van der Waals surface area contributed by atoms with E-state index in [1.807, 2.05) is 44.2 Å². The van der Waals surface area contributed by atoms with Crippen LogP contribution in [0.2, 0.25) is 0 Å². The Kier molecular flexibility index (Phi) is 5.86. The summed E-state index contributed by atoms with van der Waals surface area (Å²) >= 11 is 0. The van der Waals surface area contributed by atoms with Gasteiger partial charge in [0.2, 0.25) is 0 Å². The van der Waals surface area contributed by atoms with Crippen LogP contribution < -0.4 is 0 Å².